The van der Waals surface area contributed by atoms with Crippen molar-refractivity contribution in [3.05, 3.63) is 66.2 Å². The number of fused-ring (bicyclic) bond motifs is 1. The molecule has 0 saturated heterocycles. The van der Waals surface area contributed by atoms with Crippen molar-refractivity contribution in [2.24, 2.45) is 0 Å². The van der Waals surface area contributed by atoms with Crippen LogP contribution in [0.5, 0.6) is 0 Å². The SMILES string of the molecule is O=C(O)CC1(SCCCNC(=O)C=Cc2ccccc2)Nc2ccccc2N1. The largest absolute Gasteiger partial charge is 0.481 e. The summed E-state index contributed by atoms with van der Waals surface area (Å²) in [5.74, 6) is -0.317. The van der Waals surface area contributed by atoms with E-state index >= 15 is 0 Å². The minimum absolute atomic E-state index is 0.0570. The van der Waals surface area contributed by atoms with Gasteiger partial charge in [0.2, 0.25) is 5.91 Å². The molecule has 7 heteroatoms. The number of hydrogen-bond acceptors (Lipinski definition) is 5. The lowest BCUT2D eigenvalue weighted by Crippen LogP contribution is -2.41. The molecule has 1 aliphatic rings. The van der Waals surface area contributed by atoms with E-state index in [4.69, 9.17) is 0 Å². The van der Waals surface area contributed by atoms with Crippen LogP contribution < -0.4 is 16.0 Å². The van der Waals surface area contributed by atoms with Gasteiger partial charge in [-0.05, 0) is 35.9 Å². The molecule has 2 aromatic carbocycles. The van der Waals surface area contributed by atoms with Crippen molar-refractivity contribution in [1.82, 2.24) is 5.32 Å². The lowest BCUT2D eigenvalue weighted by molar-refractivity contribution is -0.137. The molecule has 28 heavy (non-hydrogen) atoms. The van der Waals surface area contributed by atoms with Gasteiger partial charge in [0.25, 0.3) is 0 Å². The summed E-state index contributed by atoms with van der Waals surface area (Å²) >= 11 is 1.51. The Hall–Kier alpha value is -2.93. The van der Waals surface area contributed by atoms with E-state index in [1.165, 1.54) is 17.8 Å². The average molecular weight is 398 g/mol. The van der Waals surface area contributed by atoms with Gasteiger partial charge in [-0.2, -0.15) is 0 Å². The van der Waals surface area contributed by atoms with Crippen LogP contribution in [0.3, 0.4) is 0 Å². The third-order valence-electron chi connectivity index (χ3n) is 4.20. The number of carbonyl (C=O) groups excluding carboxylic acids is 1. The molecule has 0 bridgehead atoms. The highest BCUT2D eigenvalue weighted by molar-refractivity contribution is 8.00. The summed E-state index contributed by atoms with van der Waals surface area (Å²) in [6, 6.07) is 17.3. The van der Waals surface area contributed by atoms with E-state index < -0.39 is 11.0 Å². The number of benzene rings is 2. The molecule has 4 N–H and O–H groups in total. The van der Waals surface area contributed by atoms with E-state index in [0.29, 0.717) is 12.3 Å². The second-order valence-corrected chi connectivity index (χ2v) is 7.82. The highest BCUT2D eigenvalue weighted by atomic mass is 32.2. The van der Waals surface area contributed by atoms with Crippen molar-refractivity contribution >= 4 is 41.1 Å². The molecule has 0 unspecified atom stereocenters. The van der Waals surface area contributed by atoms with Crippen molar-refractivity contribution in [1.29, 1.82) is 0 Å². The predicted octanol–water partition coefficient (Wildman–Crippen LogP) is 3.61. The first kappa shape index (κ1) is 19.8. The Bertz CT molecular complexity index is 830. The van der Waals surface area contributed by atoms with Gasteiger partial charge in [0.15, 0.2) is 4.99 Å². The number of anilines is 2. The summed E-state index contributed by atoms with van der Waals surface area (Å²) in [5.41, 5.74) is 2.77. The van der Waals surface area contributed by atoms with Crippen LogP contribution in [0.2, 0.25) is 0 Å². The fraction of sp³-hybridized carbons (Fsp3) is 0.238. The predicted molar refractivity (Wildman–Crippen MR) is 114 cm³/mol. The zero-order chi connectivity index (χ0) is 19.8. The molecule has 146 valence electrons. The van der Waals surface area contributed by atoms with Gasteiger partial charge >= 0.3 is 5.97 Å². The molecule has 2 aromatic rings. The van der Waals surface area contributed by atoms with Crippen LogP contribution in [0, 0.1) is 0 Å². The Morgan fingerprint density at radius 3 is 2.32 bits per heavy atom. The molecule has 1 amide bonds. The standard InChI is InChI=1S/C21H23N3O3S/c25-19(12-11-16-7-2-1-3-8-16)22-13-6-14-28-21(15-20(26)27)23-17-9-4-5-10-18(17)24-21/h1-5,7-12,23-24H,6,13-15H2,(H,22,25)(H,26,27). The first-order valence-electron chi connectivity index (χ1n) is 9.08. The van der Waals surface area contributed by atoms with E-state index in [9.17, 15) is 14.7 Å². The van der Waals surface area contributed by atoms with Gasteiger partial charge in [-0.1, -0.05) is 42.5 Å². The number of carbonyl (C=O) groups is 2. The smallest absolute Gasteiger partial charge is 0.308 e. The number of aliphatic carboxylic acids is 1. The van der Waals surface area contributed by atoms with Gasteiger partial charge in [-0.3, -0.25) is 9.59 Å². The summed E-state index contributed by atoms with van der Waals surface area (Å²) in [5, 5.41) is 18.7. The van der Waals surface area contributed by atoms with Gasteiger partial charge < -0.3 is 21.1 Å². The quantitative estimate of drug-likeness (QED) is 0.382. The minimum atomic E-state index is -0.875. The first-order chi connectivity index (χ1) is 13.6. The maximum atomic E-state index is 11.9. The van der Waals surface area contributed by atoms with E-state index in [0.717, 1.165) is 23.4 Å². The number of carboxylic acid groups (broad SMARTS) is 1. The van der Waals surface area contributed by atoms with Gasteiger partial charge in [0.1, 0.15) is 0 Å². The summed E-state index contributed by atoms with van der Waals surface area (Å²) in [6.07, 6.45) is 3.97. The zero-order valence-corrected chi connectivity index (χ0v) is 16.2. The molecule has 3 rings (SSSR count). The lowest BCUT2D eigenvalue weighted by Gasteiger charge is -2.28. The van der Waals surface area contributed by atoms with Crippen LogP contribution >= 0.6 is 11.8 Å². The van der Waals surface area contributed by atoms with Crippen molar-refractivity contribution in [2.75, 3.05) is 22.9 Å². The molecular formula is C21H23N3O3S. The van der Waals surface area contributed by atoms with E-state index in [1.807, 2.05) is 54.6 Å². The molecule has 0 aromatic heterocycles. The van der Waals surface area contributed by atoms with Gasteiger partial charge in [0, 0.05) is 12.6 Å². The van der Waals surface area contributed by atoms with Crippen LogP contribution in [-0.2, 0) is 9.59 Å². The van der Waals surface area contributed by atoms with E-state index in [-0.39, 0.29) is 12.3 Å². The van der Waals surface area contributed by atoms with Crippen LogP contribution in [0.25, 0.3) is 6.08 Å². The topological polar surface area (TPSA) is 90.5 Å². The van der Waals surface area contributed by atoms with Crippen molar-refractivity contribution in [3.63, 3.8) is 0 Å². The number of amides is 1. The molecule has 0 aliphatic carbocycles. The summed E-state index contributed by atoms with van der Waals surface area (Å²) < 4.78 is 0. The van der Waals surface area contributed by atoms with Crippen molar-refractivity contribution in [2.45, 2.75) is 17.8 Å². The Balaban J connectivity index is 1.43. The first-order valence-corrected chi connectivity index (χ1v) is 10.1. The Labute approximate surface area is 168 Å². The second kappa shape index (κ2) is 9.32. The Morgan fingerprint density at radius 1 is 1.04 bits per heavy atom. The highest BCUT2D eigenvalue weighted by Crippen LogP contribution is 2.41. The number of hydrogen-bond donors (Lipinski definition) is 4. The molecule has 1 heterocycles. The summed E-state index contributed by atoms with van der Waals surface area (Å²) in [6.45, 7) is 0.529. The number of rotatable bonds is 9. The molecule has 6 nitrogen and oxygen atoms in total. The maximum absolute atomic E-state index is 11.9. The molecule has 0 radical (unpaired) electrons. The van der Waals surface area contributed by atoms with Crippen LogP contribution in [0.4, 0.5) is 11.4 Å². The van der Waals surface area contributed by atoms with E-state index in [1.54, 1.807) is 6.08 Å². The molecule has 0 atom stereocenters. The lowest BCUT2D eigenvalue weighted by atomic mass is 10.2. The molecular weight excluding hydrogens is 374 g/mol. The van der Waals surface area contributed by atoms with Crippen molar-refractivity contribution < 1.29 is 14.7 Å². The van der Waals surface area contributed by atoms with Crippen LogP contribution in [-0.4, -0.2) is 34.3 Å². The fourth-order valence-electron chi connectivity index (χ4n) is 2.92. The van der Waals surface area contributed by atoms with Crippen molar-refractivity contribution in [3.8, 4) is 0 Å². The van der Waals surface area contributed by atoms with Crippen LogP contribution in [0.15, 0.2) is 60.7 Å². The Morgan fingerprint density at radius 2 is 1.68 bits per heavy atom. The zero-order valence-electron chi connectivity index (χ0n) is 15.4. The Kier molecular flexibility index (Phi) is 6.60. The maximum Gasteiger partial charge on any atom is 0.308 e. The van der Waals surface area contributed by atoms with Gasteiger partial charge in [-0.15, -0.1) is 11.8 Å². The third kappa shape index (κ3) is 5.53. The monoisotopic (exact) mass is 397 g/mol. The number of para-hydroxylation sites is 2. The highest BCUT2D eigenvalue weighted by Gasteiger charge is 2.38. The summed E-state index contributed by atoms with van der Waals surface area (Å²) in [4.78, 5) is 22.4. The number of thioether (sulfide) groups is 1. The normalized spacial score (nSPS) is 14.1. The molecule has 0 spiro atoms. The average Bonchev–Trinajstić information content (AvgIpc) is 3.04. The molecule has 0 saturated carbocycles. The number of nitrogens with one attached hydrogen (secondary N) is 3. The second-order valence-electron chi connectivity index (χ2n) is 6.43. The van der Waals surface area contributed by atoms with Gasteiger partial charge in [0.05, 0.1) is 17.8 Å². The minimum Gasteiger partial charge on any atom is -0.481 e. The molecule has 1 aliphatic heterocycles. The fourth-order valence-corrected chi connectivity index (χ4v) is 4.14. The van der Waals surface area contributed by atoms with Gasteiger partial charge in [-0.25, -0.2) is 0 Å². The number of carboxylic acids is 1. The molecule has 0 fully saturated rings. The summed E-state index contributed by atoms with van der Waals surface area (Å²) in [7, 11) is 0. The third-order valence-corrected chi connectivity index (χ3v) is 5.53. The van der Waals surface area contributed by atoms with Crippen LogP contribution in [0.1, 0.15) is 18.4 Å². The van der Waals surface area contributed by atoms with E-state index in [2.05, 4.69) is 16.0 Å².